The number of carboxylic acids is 1. The molecule has 5 heteroatoms. The zero-order valence-electron chi connectivity index (χ0n) is 9.36. The second kappa shape index (κ2) is 4.11. The molecule has 1 aliphatic carbocycles. The maximum Gasteiger partial charge on any atom is 0.314 e. The van der Waals surface area contributed by atoms with Gasteiger partial charge in [-0.15, -0.1) is 0 Å². The van der Waals surface area contributed by atoms with Gasteiger partial charge in [0.25, 0.3) is 0 Å². The Morgan fingerprint density at radius 3 is 2.53 bits per heavy atom. The van der Waals surface area contributed by atoms with Crippen molar-refractivity contribution in [3.63, 3.8) is 0 Å². The van der Waals surface area contributed by atoms with Crippen molar-refractivity contribution in [2.75, 3.05) is 7.11 Å². The van der Waals surface area contributed by atoms with Crippen LogP contribution in [0.1, 0.15) is 24.8 Å². The van der Waals surface area contributed by atoms with Crippen LogP contribution in [0.2, 0.25) is 5.02 Å². The number of phenolic OH excluding ortho intramolecular Hbond substituents is 1. The number of halogens is 1. The fourth-order valence-corrected chi connectivity index (χ4v) is 2.39. The highest BCUT2D eigenvalue weighted by Gasteiger charge is 2.48. The second-order valence-electron chi connectivity index (χ2n) is 4.25. The standard InChI is InChI=1S/C12H13ClO4/c1-17-7-5-8(10(14)9(13)6-7)12(11(15)16)3-2-4-12/h5-6,14H,2-4H2,1H3,(H,15,16). The van der Waals surface area contributed by atoms with Gasteiger partial charge in [0.05, 0.1) is 17.5 Å². The maximum atomic E-state index is 11.4. The van der Waals surface area contributed by atoms with Crippen molar-refractivity contribution in [2.24, 2.45) is 0 Å². The lowest BCUT2D eigenvalue weighted by molar-refractivity contribution is -0.147. The van der Waals surface area contributed by atoms with E-state index in [1.807, 2.05) is 0 Å². The minimum Gasteiger partial charge on any atom is -0.506 e. The van der Waals surface area contributed by atoms with Gasteiger partial charge in [0, 0.05) is 11.6 Å². The van der Waals surface area contributed by atoms with E-state index in [1.54, 1.807) is 6.07 Å². The molecule has 0 bridgehead atoms. The van der Waals surface area contributed by atoms with Crippen molar-refractivity contribution >= 4 is 17.6 Å². The molecule has 1 aromatic carbocycles. The summed E-state index contributed by atoms with van der Waals surface area (Å²) in [5, 5.41) is 19.4. The average molecular weight is 257 g/mol. The molecule has 0 amide bonds. The lowest BCUT2D eigenvalue weighted by Crippen LogP contribution is -2.42. The van der Waals surface area contributed by atoms with Crippen LogP contribution in [0.5, 0.6) is 11.5 Å². The van der Waals surface area contributed by atoms with Gasteiger partial charge in [-0.3, -0.25) is 4.79 Å². The quantitative estimate of drug-likeness (QED) is 0.872. The highest BCUT2D eigenvalue weighted by molar-refractivity contribution is 6.32. The first-order chi connectivity index (χ1) is 8.01. The highest BCUT2D eigenvalue weighted by atomic mass is 35.5. The molecule has 92 valence electrons. The predicted molar refractivity (Wildman–Crippen MR) is 62.8 cm³/mol. The first-order valence-electron chi connectivity index (χ1n) is 5.31. The monoisotopic (exact) mass is 256 g/mol. The fraction of sp³-hybridized carbons (Fsp3) is 0.417. The van der Waals surface area contributed by atoms with Crippen molar-refractivity contribution in [3.8, 4) is 11.5 Å². The lowest BCUT2D eigenvalue weighted by atomic mass is 9.64. The lowest BCUT2D eigenvalue weighted by Gasteiger charge is -2.38. The molecule has 0 aromatic heterocycles. The van der Waals surface area contributed by atoms with E-state index in [1.165, 1.54) is 13.2 Å². The summed E-state index contributed by atoms with van der Waals surface area (Å²) in [6.07, 6.45) is 1.86. The Morgan fingerprint density at radius 2 is 2.12 bits per heavy atom. The van der Waals surface area contributed by atoms with Crippen molar-refractivity contribution in [2.45, 2.75) is 24.7 Å². The van der Waals surface area contributed by atoms with Gasteiger partial charge in [-0.1, -0.05) is 18.0 Å². The van der Waals surface area contributed by atoms with Crippen molar-refractivity contribution in [3.05, 3.63) is 22.7 Å². The number of phenols is 1. The molecule has 0 saturated heterocycles. The number of aliphatic carboxylic acids is 1. The summed E-state index contributed by atoms with van der Waals surface area (Å²) in [5.74, 6) is -0.631. The average Bonchev–Trinajstić information content (AvgIpc) is 2.21. The summed E-state index contributed by atoms with van der Waals surface area (Å²) < 4.78 is 5.05. The molecule has 17 heavy (non-hydrogen) atoms. The van der Waals surface area contributed by atoms with Crippen molar-refractivity contribution in [1.29, 1.82) is 0 Å². The molecule has 1 aromatic rings. The Morgan fingerprint density at radius 1 is 1.47 bits per heavy atom. The van der Waals surface area contributed by atoms with Crippen LogP contribution < -0.4 is 4.74 Å². The minimum atomic E-state index is -1.01. The number of ether oxygens (including phenoxy) is 1. The Labute approximate surface area is 104 Å². The fourth-order valence-electron chi connectivity index (χ4n) is 2.19. The van der Waals surface area contributed by atoms with E-state index in [-0.39, 0.29) is 10.8 Å². The van der Waals surface area contributed by atoms with Gasteiger partial charge in [-0.05, 0) is 18.9 Å². The molecule has 0 atom stereocenters. The van der Waals surface area contributed by atoms with Crippen LogP contribution in [0, 0.1) is 0 Å². The Kier molecular flexibility index (Phi) is 2.91. The zero-order valence-corrected chi connectivity index (χ0v) is 10.1. The number of rotatable bonds is 3. The largest absolute Gasteiger partial charge is 0.506 e. The summed E-state index contributed by atoms with van der Waals surface area (Å²) in [6, 6.07) is 3.02. The predicted octanol–water partition coefficient (Wildman–Crippen LogP) is 2.56. The first kappa shape index (κ1) is 12.0. The van der Waals surface area contributed by atoms with E-state index in [2.05, 4.69) is 0 Å². The number of aromatic hydroxyl groups is 1. The van der Waals surface area contributed by atoms with Crippen LogP contribution in [0.4, 0.5) is 0 Å². The molecular formula is C12H13ClO4. The Balaban J connectivity index is 2.57. The third-order valence-electron chi connectivity index (χ3n) is 3.40. The SMILES string of the molecule is COc1cc(Cl)c(O)c(C2(C(=O)O)CCC2)c1. The van der Waals surface area contributed by atoms with E-state index in [0.717, 1.165) is 6.42 Å². The number of methoxy groups -OCH3 is 1. The summed E-state index contributed by atoms with van der Waals surface area (Å²) >= 11 is 5.87. The molecule has 1 saturated carbocycles. The molecule has 2 rings (SSSR count). The summed E-state index contributed by atoms with van der Waals surface area (Å²) in [4.78, 5) is 11.4. The van der Waals surface area contributed by atoms with E-state index in [9.17, 15) is 15.0 Å². The maximum absolute atomic E-state index is 11.4. The molecule has 0 spiro atoms. The molecule has 4 nitrogen and oxygen atoms in total. The molecule has 2 N–H and O–H groups in total. The first-order valence-corrected chi connectivity index (χ1v) is 5.69. The van der Waals surface area contributed by atoms with Gasteiger partial charge in [0.15, 0.2) is 0 Å². The Hall–Kier alpha value is -1.42. The van der Waals surface area contributed by atoms with Crippen LogP contribution >= 0.6 is 11.6 Å². The van der Waals surface area contributed by atoms with Gasteiger partial charge >= 0.3 is 5.97 Å². The van der Waals surface area contributed by atoms with Crippen LogP contribution in [-0.2, 0) is 10.2 Å². The normalized spacial score (nSPS) is 17.3. The van der Waals surface area contributed by atoms with Gasteiger partial charge < -0.3 is 14.9 Å². The summed E-state index contributed by atoms with van der Waals surface area (Å²) in [6.45, 7) is 0. The molecular weight excluding hydrogens is 244 g/mol. The summed E-state index contributed by atoms with van der Waals surface area (Å²) in [5.41, 5.74) is -0.664. The highest BCUT2D eigenvalue weighted by Crippen LogP contribution is 2.49. The van der Waals surface area contributed by atoms with Gasteiger partial charge in [0.1, 0.15) is 11.5 Å². The van der Waals surface area contributed by atoms with Crippen LogP contribution in [0.15, 0.2) is 12.1 Å². The van der Waals surface area contributed by atoms with Gasteiger partial charge in [-0.25, -0.2) is 0 Å². The minimum absolute atomic E-state index is 0.117. The number of hydrogen-bond donors (Lipinski definition) is 2. The summed E-state index contributed by atoms with van der Waals surface area (Å²) in [7, 11) is 1.47. The molecule has 1 aliphatic rings. The van der Waals surface area contributed by atoms with Crippen molar-refractivity contribution < 1.29 is 19.7 Å². The molecule has 1 fully saturated rings. The number of hydrogen-bond acceptors (Lipinski definition) is 3. The smallest absolute Gasteiger partial charge is 0.314 e. The molecule has 0 radical (unpaired) electrons. The van der Waals surface area contributed by atoms with E-state index >= 15 is 0 Å². The second-order valence-corrected chi connectivity index (χ2v) is 4.65. The molecule has 0 aliphatic heterocycles. The number of carbonyl (C=O) groups is 1. The van der Waals surface area contributed by atoms with Gasteiger partial charge in [-0.2, -0.15) is 0 Å². The van der Waals surface area contributed by atoms with Crippen LogP contribution in [-0.4, -0.2) is 23.3 Å². The van der Waals surface area contributed by atoms with Crippen molar-refractivity contribution in [1.82, 2.24) is 0 Å². The Bertz CT molecular complexity index is 466. The zero-order chi connectivity index (χ0) is 12.6. The third-order valence-corrected chi connectivity index (χ3v) is 3.69. The van der Waals surface area contributed by atoms with E-state index in [4.69, 9.17) is 16.3 Å². The topological polar surface area (TPSA) is 66.8 Å². The van der Waals surface area contributed by atoms with Crippen LogP contribution in [0.3, 0.4) is 0 Å². The van der Waals surface area contributed by atoms with E-state index < -0.39 is 11.4 Å². The van der Waals surface area contributed by atoms with E-state index in [0.29, 0.717) is 24.2 Å². The number of carboxylic acid groups (broad SMARTS) is 1. The molecule has 0 unspecified atom stereocenters. The van der Waals surface area contributed by atoms with Gasteiger partial charge in [0.2, 0.25) is 0 Å². The molecule has 0 heterocycles. The third kappa shape index (κ3) is 1.72. The van der Waals surface area contributed by atoms with Crippen LogP contribution in [0.25, 0.3) is 0 Å². The number of benzene rings is 1.